The lowest BCUT2D eigenvalue weighted by molar-refractivity contribution is 0.181. The van der Waals surface area contributed by atoms with Crippen LogP contribution in [0.4, 0.5) is 0 Å². The molecule has 0 aliphatic carbocycles. The number of nitrogens with two attached hydrogens (primary N) is 1. The first kappa shape index (κ1) is 12.2. The average Bonchev–Trinajstić information content (AvgIpc) is 2.15. The number of amidine groups is 1. The maximum Gasteiger partial charge on any atom is 0.156 e. The highest BCUT2D eigenvalue weighted by Crippen LogP contribution is 1.99. The van der Waals surface area contributed by atoms with E-state index in [0.29, 0.717) is 6.54 Å². The van der Waals surface area contributed by atoms with Gasteiger partial charge in [-0.25, -0.2) is 0 Å². The number of oxime groups is 1. The van der Waals surface area contributed by atoms with Gasteiger partial charge < -0.3 is 16.0 Å². The van der Waals surface area contributed by atoms with E-state index in [9.17, 15) is 0 Å². The van der Waals surface area contributed by atoms with Crippen LogP contribution in [0.25, 0.3) is 0 Å². The Kier molecular flexibility index (Phi) is 6.26. The first-order chi connectivity index (χ1) is 6.17. The predicted molar refractivity (Wildman–Crippen MR) is 51.8 cm³/mol. The fraction of sp³-hybridized carbons (Fsp3) is 0.875. The summed E-state index contributed by atoms with van der Waals surface area (Å²) in [5.41, 5.74) is 5.45. The Hall–Kier alpha value is -0.810. The average molecular weight is 189 g/mol. The third kappa shape index (κ3) is 4.10. The lowest BCUT2D eigenvalue weighted by Gasteiger charge is -2.26. The van der Waals surface area contributed by atoms with Gasteiger partial charge in [-0.3, -0.25) is 4.90 Å². The molecule has 0 amide bonds. The highest BCUT2D eigenvalue weighted by molar-refractivity contribution is 5.84. The summed E-state index contributed by atoms with van der Waals surface area (Å²) in [6, 6.07) is -0.128. The topological polar surface area (TPSA) is 82.1 Å². The van der Waals surface area contributed by atoms with Crippen molar-refractivity contribution < 1.29 is 10.3 Å². The van der Waals surface area contributed by atoms with Gasteiger partial charge in [-0.2, -0.15) is 0 Å². The Morgan fingerprint density at radius 1 is 1.54 bits per heavy atom. The maximum atomic E-state index is 8.78. The van der Waals surface area contributed by atoms with Gasteiger partial charge in [0, 0.05) is 6.54 Å². The lowest BCUT2D eigenvalue weighted by atomic mass is 10.2. The minimum Gasteiger partial charge on any atom is -0.409 e. The molecule has 0 spiro atoms. The molecule has 0 aromatic rings. The van der Waals surface area contributed by atoms with Crippen molar-refractivity contribution in [1.82, 2.24) is 4.90 Å². The van der Waals surface area contributed by atoms with Crippen molar-refractivity contribution in [1.29, 1.82) is 0 Å². The fourth-order valence-corrected chi connectivity index (χ4v) is 1.19. The highest BCUT2D eigenvalue weighted by Gasteiger charge is 2.15. The van der Waals surface area contributed by atoms with Crippen LogP contribution in [0.1, 0.15) is 20.3 Å². The fourth-order valence-electron chi connectivity index (χ4n) is 1.19. The molecule has 5 nitrogen and oxygen atoms in total. The van der Waals surface area contributed by atoms with Crippen LogP contribution in [0.5, 0.6) is 0 Å². The standard InChI is InChI=1S/C8H19N3O2/c1-3-4-11(5-6-12)7(2)8(9)10-13/h7,12-13H,3-6H2,1-2H3,(H2,9,10). The van der Waals surface area contributed by atoms with E-state index < -0.39 is 0 Å². The molecule has 0 fully saturated rings. The van der Waals surface area contributed by atoms with Crippen molar-refractivity contribution in [2.45, 2.75) is 26.3 Å². The first-order valence-electron chi connectivity index (χ1n) is 4.49. The summed E-state index contributed by atoms with van der Waals surface area (Å²) >= 11 is 0. The lowest BCUT2D eigenvalue weighted by Crippen LogP contribution is -2.44. The highest BCUT2D eigenvalue weighted by atomic mass is 16.4. The molecule has 0 aromatic heterocycles. The van der Waals surface area contributed by atoms with Gasteiger partial charge in [-0.15, -0.1) is 0 Å². The van der Waals surface area contributed by atoms with Crippen LogP contribution in [0.15, 0.2) is 5.16 Å². The molecule has 0 radical (unpaired) electrons. The number of hydrogen-bond acceptors (Lipinski definition) is 4. The number of aliphatic hydroxyl groups is 1. The predicted octanol–water partition coefficient (Wildman–Crippen LogP) is -0.174. The van der Waals surface area contributed by atoms with Crippen LogP contribution in [0.2, 0.25) is 0 Å². The molecule has 0 aliphatic heterocycles. The monoisotopic (exact) mass is 189 g/mol. The van der Waals surface area contributed by atoms with E-state index in [1.54, 1.807) is 0 Å². The molecule has 5 heteroatoms. The van der Waals surface area contributed by atoms with Gasteiger partial charge in [0.25, 0.3) is 0 Å². The second kappa shape index (κ2) is 6.68. The molecule has 0 saturated heterocycles. The van der Waals surface area contributed by atoms with E-state index in [1.807, 2.05) is 18.7 Å². The number of aliphatic hydroxyl groups excluding tert-OH is 1. The van der Waals surface area contributed by atoms with Gasteiger partial charge in [0.15, 0.2) is 5.84 Å². The molecule has 4 N–H and O–H groups in total. The van der Waals surface area contributed by atoms with Gasteiger partial charge in [0.1, 0.15) is 0 Å². The third-order valence-corrected chi connectivity index (χ3v) is 1.99. The summed E-state index contributed by atoms with van der Waals surface area (Å²) in [5, 5.41) is 20.2. The van der Waals surface area contributed by atoms with Crippen molar-refractivity contribution in [2.24, 2.45) is 10.9 Å². The Labute approximate surface area is 78.8 Å². The summed E-state index contributed by atoms with van der Waals surface area (Å²) < 4.78 is 0. The van der Waals surface area contributed by atoms with Crippen LogP contribution in [-0.4, -0.2) is 46.8 Å². The van der Waals surface area contributed by atoms with Crippen molar-refractivity contribution in [3.63, 3.8) is 0 Å². The summed E-state index contributed by atoms with van der Waals surface area (Å²) in [4.78, 5) is 1.97. The second-order valence-corrected chi connectivity index (χ2v) is 2.96. The van der Waals surface area contributed by atoms with Gasteiger partial charge >= 0.3 is 0 Å². The molecule has 78 valence electrons. The van der Waals surface area contributed by atoms with Crippen LogP contribution in [0.3, 0.4) is 0 Å². The normalized spacial score (nSPS) is 14.9. The SMILES string of the molecule is CCCN(CCO)C(C)C(N)=NO. The molecule has 1 atom stereocenters. The van der Waals surface area contributed by atoms with Crippen LogP contribution in [-0.2, 0) is 0 Å². The third-order valence-electron chi connectivity index (χ3n) is 1.99. The van der Waals surface area contributed by atoms with Crippen LogP contribution < -0.4 is 5.73 Å². The Morgan fingerprint density at radius 3 is 2.54 bits per heavy atom. The van der Waals surface area contributed by atoms with Gasteiger partial charge in [0.05, 0.1) is 12.6 Å². The van der Waals surface area contributed by atoms with E-state index >= 15 is 0 Å². The van der Waals surface area contributed by atoms with Gasteiger partial charge in [0.2, 0.25) is 0 Å². The van der Waals surface area contributed by atoms with E-state index in [-0.39, 0.29) is 18.5 Å². The zero-order chi connectivity index (χ0) is 10.3. The van der Waals surface area contributed by atoms with Crippen LogP contribution in [0, 0.1) is 0 Å². The Morgan fingerprint density at radius 2 is 2.15 bits per heavy atom. The summed E-state index contributed by atoms with van der Waals surface area (Å²) in [6.45, 7) is 5.36. The van der Waals surface area contributed by atoms with Crippen LogP contribution >= 0.6 is 0 Å². The molecule has 0 heterocycles. The molecular formula is C8H19N3O2. The minimum atomic E-state index is -0.128. The van der Waals surface area contributed by atoms with Crippen molar-refractivity contribution in [3.8, 4) is 0 Å². The van der Waals surface area contributed by atoms with Crippen molar-refractivity contribution in [3.05, 3.63) is 0 Å². The molecule has 0 aromatic carbocycles. The molecular weight excluding hydrogens is 170 g/mol. The minimum absolute atomic E-state index is 0.0864. The number of nitrogens with zero attached hydrogens (tertiary/aromatic N) is 2. The van der Waals surface area contributed by atoms with E-state index in [2.05, 4.69) is 5.16 Å². The molecule has 0 aliphatic rings. The molecule has 13 heavy (non-hydrogen) atoms. The smallest absolute Gasteiger partial charge is 0.156 e. The number of rotatable bonds is 6. The van der Waals surface area contributed by atoms with Gasteiger partial charge in [-0.1, -0.05) is 12.1 Å². The maximum absolute atomic E-state index is 8.78. The first-order valence-corrected chi connectivity index (χ1v) is 4.49. The Bertz CT molecular complexity index is 155. The van der Waals surface area contributed by atoms with Crippen molar-refractivity contribution in [2.75, 3.05) is 19.7 Å². The van der Waals surface area contributed by atoms with E-state index in [4.69, 9.17) is 16.0 Å². The Balaban J connectivity index is 4.17. The second-order valence-electron chi connectivity index (χ2n) is 2.96. The van der Waals surface area contributed by atoms with Gasteiger partial charge in [-0.05, 0) is 19.9 Å². The van der Waals surface area contributed by atoms with Crippen molar-refractivity contribution >= 4 is 5.84 Å². The number of hydrogen-bond donors (Lipinski definition) is 3. The molecule has 1 unspecified atom stereocenters. The summed E-state index contributed by atoms with van der Waals surface area (Å²) in [6.07, 6.45) is 0.975. The molecule has 0 rings (SSSR count). The quantitative estimate of drug-likeness (QED) is 0.234. The zero-order valence-corrected chi connectivity index (χ0v) is 8.27. The molecule has 0 bridgehead atoms. The zero-order valence-electron chi connectivity index (χ0n) is 8.27. The summed E-state index contributed by atoms with van der Waals surface area (Å²) in [5.74, 6) is 0.182. The van der Waals surface area contributed by atoms with E-state index in [0.717, 1.165) is 13.0 Å². The largest absolute Gasteiger partial charge is 0.409 e. The summed E-state index contributed by atoms with van der Waals surface area (Å²) in [7, 11) is 0. The molecule has 0 saturated carbocycles. The van der Waals surface area contributed by atoms with E-state index in [1.165, 1.54) is 0 Å².